The first kappa shape index (κ1) is 13.3. The normalized spacial score (nSPS) is 18.3. The molecule has 2 aromatic rings. The highest BCUT2D eigenvalue weighted by Gasteiger charge is 2.22. The summed E-state index contributed by atoms with van der Waals surface area (Å²) in [4.78, 5) is 6.39. The van der Waals surface area contributed by atoms with Gasteiger partial charge in [-0.3, -0.25) is 0 Å². The van der Waals surface area contributed by atoms with E-state index in [1.54, 1.807) is 0 Å². The van der Waals surface area contributed by atoms with Gasteiger partial charge in [0.2, 0.25) is 0 Å². The van der Waals surface area contributed by atoms with E-state index in [4.69, 9.17) is 4.98 Å². The molecular formula is C16H18BrNS. The van der Waals surface area contributed by atoms with Crippen LogP contribution in [0.15, 0.2) is 28.7 Å². The quantitative estimate of drug-likeness (QED) is 0.723. The van der Waals surface area contributed by atoms with Crippen LogP contribution in [0.25, 0.3) is 10.6 Å². The monoisotopic (exact) mass is 335 g/mol. The average molecular weight is 336 g/mol. The van der Waals surface area contributed by atoms with Crippen LogP contribution >= 0.6 is 27.3 Å². The molecule has 0 saturated heterocycles. The Morgan fingerprint density at radius 3 is 3.00 bits per heavy atom. The molecule has 0 radical (unpaired) electrons. The van der Waals surface area contributed by atoms with Gasteiger partial charge in [-0.2, -0.15) is 0 Å². The van der Waals surface area contributed by atoms with Gasteiger partial charge in [0, 0.05) is 14.9 Å². The van der Waals surface area contributed by atoms with Crippen LogP contribution in [-0.2, 0) is 12.8 Å². The van der Waals surface area contributed by atoms with E-state index in [0.29, 0.717) is 0 Å². The first-order valence-electron chi connectivity index (χ1n) is 7.01. The number of rotatable bonds is 3. The van der Waals surface area contributed by atoms with Gasteiger partial charge in [0.05, 0.1) is 5.69 Å². The van der Waals surface area contributed by atoms with E-state index in [1.807, 2.05) is 11.3 Å². The van der Waals surface area contributed by atoms with Gasteiger partial charge in [0.1, 0.15) is 5.01 Å². The van der Waals surface area contributed by atoms with Gasteiger partial charge >= 0.3 is 0 Å². The van der Waals surface area contributed by atoms with Crippen LogP contribution < -0.4 is 0 Å². The van der Waals surface area contributed by atoms with Crippen molar-refractivity contribution in [3.05, 3.63) is 39.3 Å². The van der Waals surface area contributed by atoms with Crippen LogP contribution in [0.2, 0.25) is 0 Å². The van der Waals surface area contributed by atoms with Crippen LogP contribution in [0.1, 0.15) is 36.8 Å². The Bertz CT molecular complexity index is 576. The fourth-order valence-corrected chi connectivity index (χ4v) is 4.71. The zero-order valence-corrected chi connectivity index (χ0v) is 13.6. The molecule has 0 amide bonds. The summed E-state index contributed by atoms with van der Waals surface area (Å²) in [5.74, 6) is 0.880. The lowest BCUT2D eigenvalue weighted by Crippen LogP contribution is -2.12. The van der Waals surface area contributed by atoms with Gasteiger partial charge < -0.3 is 0 Å². The van der Waals surface area contributed by atoms with E-state index in [-0.39, 0.29) is 0 Å². The number of thiazole rings is 1. The highest BCUT2D eigenvalue weighted by molar-refractivity contribution is 9.10. The zero-order chi connectivity index (χ0) is 13.2. The van der Waals surface area contributed by atoms with Gasteiger partial charge in [-0.05, 0) is 31.2 Å². The number of hydrogen-bond donors (Lipinski definition) is 0. The number of hydrogen-bond acceptors (Lipinski definition) is 2. The number of aromatic nitrogens is 1. The molecule has 1 aromatic heterocycles. The van der Waals surface area contributed by atoms with Crippen molar-refractivity contribution in [2.75, 3.05) is 0 Å². The third kappa shape index (κ3) is 2.77. The molecule has 1 unspecified atom stereocenters. The van der Waals surface area contributed by atoms with Crippen molar-refractivity contribution in [3.63, 3.8) is 0 Å². The predicted molar refractivity (Wildman–Crippen MR) is 85.7 cm³/mol. The van der Waals surface area contributed by atoms with Crippen LogP contribution in [0.3, 0.4) is 0 Å². The Morgan fingerprint density at radius 1 is 1.37 bits per heavy atom. The van der Waals surface area contributed by atoms with E-state index < -0.39 is 0 Å². The Morgan fingerprint density at radius 2 is 2.21 bits per heavy atom. The Hall–Kier alpha value is -0.670. The summed E-state index contributed by atoms with van der Waals surface area (Å²) in [5.41, 5.74) is 2.58. The molecule has 1 aromatic carbocycles. The van der Waals surface area contributed by atoms with E-state index in [2.05, 4.69) is 47.1 Å². The summed E-state index contributed by atoms with van der Waals surface area (Å²) in [6.45, 7) is 2.29. The van der Waals surface area contributed by atoms with Crippen molar-refractivity contribution >= 4 is 27.3 Å². The molecule has 0 aliphatic heterocycles. The molecule has 0 N–H and O–H groups in total. The number of benzene rings is 1. The molecule has 0 bridgehead atoms. The number of halogens is 1. The lowest BCUT2D eigenvalue weighted by atomic mass is 9.88. The highest BCUT2D eigenvalue weighted by Crippen LogP contribution is 2.37. The SMILES string of the molecule is CCCC1CCc2nc(-c3ccccc3Br)sc2C1. The minimum atomic E-state index is 0.880. The summed E-state index contributed by atoms with van der Waals surface area (Å²) in [6.07, 6.45) is 6.39. The number of nitrogens with zero attached hydrogens (tertiary/aromatic N) is 1. The highest BCUT2D eigenvalue weighted by atomic mass is 79.9. The summed E-state index contributed by atoms with van der Waals surface area (Å²) in [5, 5.41) is 1.18. The van der Waals surface area contributed by atoms with Gasteiger partial charge in [-0.25, -0.2) is 4.98 Å². The van der Waals surface area contributed by atoms with Crippen LogP contribution in [0.4, 0.5) is 0 Å². The van der Waals surface area contributed by atoms with Gasteiger partial charge in [0.15, 0.2) is 0 Å². The van der Waals surface area contributed by atoms with Gasteiger partial charge in [-0.15, -0.1) is 11.3 Å². The van der Waals surface area contributed by atoms with Crippen molar-refractivity contribution in [1.29, 1.82) is 0 Å². The zero-order valence-electron chi connectivity index (χ0n) is 11.2. The summed E-state index contributed by atoms with van der Waals surface area (Å²) in [7, 11) is 0. The molecule has 3 rings (SSSR count). The van der Waals surface area contributed by atoms with Crippen LogP contribution in [0, 0.1) is 5.92 Å². The van der Waals surface area contributed by atoms with Crippen molar-refractivity contribution in [2.45, 2.75) is 39.0 Å². The smallest absolute Gasteiger partial charge is 0.125 e. The molecule has 1 atom stereocenters. The molecule has 1 nitrogen and oxygen atoms in total. The van der Waals surface area contributed by atoms with E-state index in [9.17, 15) is 0 Å². The maximum atomic E-state index is 4.86. The molecule has 19 heavy (non-hydrogen) atoms. The summed E-state index contributed by atoms with van der Waals surface area (Å²) >= 11 is 5.52. The van der Waals surface area contributed by atoms with Crippen LogP contribution in [0.5, 0.6) is 0 Å². The molecule has 0 fully saturated rings. The third-order valence-corrected chi connectivity index (χ3v) is 5.69. The summed E-state index contributed by atoms with van der Waals surface area (Å²) < 4.78 is 1.14. The number of aryl methyl sites for hydroxylation is 1. The van der Waals surface area contributed by atoms with Crippen molar-refractivity contribution in [3.8, 4) is 10.6 Å². The molecular weight excluding hydrogens is 318 g/mol. The fraction of sp³-hybridized carbons (Fsp3) is 0.438. The maximum Gasteiger partial charge on any atom is 0.125 e. The second kappa shape index (κ2) is 5.76. The fourth-order valence-electron chi connectivity index (χ4n) is 2.85. The van der Waals surface area contributed by atoms with Crippen LogP contribution in [-0.4, -0.2) is 4.98 Å². The molecule has 1 heterocycles. The average Bonchev–Trinajstić information content (AvgIpc) is 2.82. The molecule has 1 aliphatic carbocycles. The second-order valence-electron chi connectivity index (χ2n) is 5.27. The lowest BCUT2D eigenvalue weighted by molar-refractivity contribution is 0.424. The minimum absolute atomic E-state index is 0.880. The predicted octanol–water partition coefficient (Wildman–Crippen LogP) is 5.48. The van der Waals surface area contributed by atoms with Gasteiger partial charge in [-0.1, -0.05) is 53.9 Å². The molecule has 0 spiro atoms. The standard InChI is InChI=1S/C16H18BrNS/c1-2-5-11-8-9-14-15(10-11)19-16(18-14)12-6-3-4-7-13(12)17/h3-4,6-7,11H,2,5,8-10H2,1H3. The van der Waals surface area contributed by atoms with Crippen molar-refractivity contribution < 1.29 is 0 Å². The van der Waals surface area contributed by atoms with E-state index in [0.717, 1.165) is 10.4 Å². The molecule has 3 heteroatoms. The van der Waals surface area contributed by atoms with E-state index >= 15 is 0 Å². The van der Waals surface area contributed by atoms with Crippen molar-refractivity contribution in [1.82, 2.24) is 4.98 Å². The Kier molecular flexibility index (Phi) is 4.04. The Labute approximate surface area is 127 Å². The maximum absolute atomic E-state index is 4.86. The summed E-state index contributed by atoms with van der Waals surface area (Å²) in [6, 6.07) is 8.38. The van der Waals surface area contributed by atoms with Crippen molar-refractivity contribution in [2.24, 2.45) is 5.92 Å². The first-order chi connectivity index (χ1) is 9.28. The second-order valence-corrected chi connectivity index (χ2v) is 7.20. The van der Waals surface area contributed by atoms with E-state index in [1.165, 1.54) is 53.2 Å². The molecule has 100 valence electrons. The third-order valence-electron chi connectivity index (χ3n) is 3.84. The first-order valence-corrected chi connectivity index (χ1v) is 8.62. The topological polar surface area (TPSA) is 12.9 Å². The van der Waals surface area contributed by atoms with Gasteiger partial charge in [0.25, 0.3) is 0 Å². The number of fused-ring (bicyclic) bond motifs is 1. The molecule has 1 aliphatic rings. The molecule has 0 saturated carbocycles. The largest absolute Gasteiger partial charge is 0.241 e. The lowest BCUT2D eigenvalue weighted by Gasteiger charge is -2.20. The minimum Gasteiger partial charge on any atom is -0.241 e. The Balaban J connectivity index is 1.90.